The summed E-state index contributed by atoms with van der Waals surface area (Å²) in [5, 5.41) is 9.58. The summed E-state index contributed by atoms with van der Waals surface area (Å²) in [5.41, 5.74) is 0. The fourth-order valence-electron chi connectivity index (χ4n) is 1.05. The average Bonchev–Trinajstić information content (AvgIpc) is 2.57. The third kappa shape index (κ3) is 4.33. The summed E-state index contributed by atoms with van der Waals surface area (Å²) in [6.07, 6.45) is 6.24. The molecule has 4 heteroatoms. The molecule has 1 N–H and O–H groups in total. The van der Waals surface area contributed by atoms with Crippen LogP contribution >= 0.6 is 11.8 Å². The Labute approximate surface area is 83.2 Å². The molecule has 0 fully saturated rings. The number of nitrogens with zero attached hydrogens (tertiary/aromatic N) is 2. The fraction of sp³-hybridized carbons (Fsp3) is 0.667. The SMILES string of the molecule is CCCSCC(O)Cn1ccnc1. The van der Waals surface area contributed by atoms with Crippen LogP contribution in [0.15, 0.2) is 18.7 Å². The minimum absolute atomic E-state index is 0.259. The Hall–Kier alpha value is -0.480. The molecule has 0 aliphatic rings. The Kier molecular flexibility index (Phi) is 4.93. The summed E-state index contributed by atoms with van der Waals surface area (Å²) in [7, 11) is 0. The highest BCUT2D eigenvalue weighted by molar-refractivity contribution is 7.99. The van der Waals surface area contributed by atoms with Crippen molar-refractivity contribution in [3.05, 3.63) is 18.7 Å². The molecule has 1 aromatic rings. The topological polar surface area (TPSA) is 38.0 Å². The largest absolute Gasteiger partial charge is 0.390 e. The molecule has 74 valence electrons. The van der Waals surface area contributed by atoms with Crippen LogP contribution in [0.2, 0.25) is 0 Å². The van der Waals surface area contributed by atoms with Gasteiger partial charge in [-0.15, -0.1) is 0 Å². The van der Waals surface area contributed by atoms with E-state index in [1.165, 1.54) is 6.42 Å². The van der Waals surface area contributed by atoms with Gasteiger partial charge in [0.1, 0.15) is 0 Å². The number of hydrogen-bond acceptors (Lipinski definition) is 3. The molecule has 1 rings (SSSR count). The number of thioether (sulfide) groups is 1. The molecule has 0 spiro atoms. The number of aliphatic hydroxyl groups excluding tert-OH is 1. The van der Waals surface area contributed by atoms with Gasteiger partial charge < -0.3 is 9.67 Å². The molecule has 3 nitrogen and oxygen atoms in total. The van der Waals surface area contributed by atoms with Crippen LogP contribution < -0.4 is 0 Å². The number of aliphatic hydroxyl groups is 1. The number of imidazole rings is 1. The lowest BCUT2D eigenvalue weighted by Crippen LogP contribution is -2.17. The van der Waals surface area contributed by atoms with E-state index >= 15 is 0 Å². The molecule has 0 radical (unpaired) electrons. The molecule has 0 saturated heterocycles. The molecule has 0 amide bonds. The third-order valence-corrected chi connectivity index (χ3v) is 2.96. The predicted octanol–water partition coefficient (Wildman–Crippen LogP) is 1.39. The molecule has 0 aliphatic carbocycles. The number of aromatic nitrogens is 2. The average molecular weight is 200 g/mol. The lowest BCUT2D eigenvalue weighted by molar-refractivity contribution is 0.178. The maximum absolute atomic E-state index is 9.58. The number of hydrogen-bond donors (Lipinski definition) is 1. The van der Waals surface area contributed by atoms with E-state index in [9.17, 15) is 5.11 Å². The third-order valence-electron chi connectivity index (χ3n) is 1.64. The molecular weight excluding hydrogens is 184 g/mol. The van der Waals surface area contributed by atoms with Gasteiger partial charge in [-0.25, -0.2) is 4.98 Å². The van der Waals surface area contributed by atoms with Crippen LogP contribution in [0.5, 0.6) is 0 Å². The second kappa shape index (κ2) is 6.05. The summed E-state index contributed by atoms with van der Waals surface area (Å²) in [6.45, 7) is 2.80. The van der Waals surface area contributed by atoms with Gasteiger partial charge in [0.05, 0.1) is 19.0 Å². The van der Waals surface area contributed by atoms with Crippen LogP contribution in [0.3, 0.4) is 0 Å². The fourth-order valence-corrected chi connectivity index (χ4v) is 1.89. The second-order valence-electron chi connectivity index (χ2n) is 2.99. The zero-order valence-corrected chi connectivity index (χ0v) is 8.70. The first-order valence-electron chi connectivity index (χ1n) is 4.54. The van der Waals surface area contributed by atoms with Gasteiger partial charge in [0.15, 0.2) is 0 Å². The highest BCUT2D eigenvalue weighted by Gasteiger charge is 2.03. The van der Waals surface area contributed by atoms with E-state index in [0.717, 1.165) is 11.5 Å². The molecule has 0 aromatic carbocycles. The van der Waals surface area contributed by atoms with Gasteiger partial charge in [-0.2, -0.15) is 11.8 Å². The van der Waals surface area contributed by atoms with Gasteiger partial charge in [-0.1, -0.05) is 6.92 Å². The van der Waals surface area contributed by atoms with Gasteiger partial charge >= 0.3 is 0 Å². The monoisotopic (exact) mass is 200 g/mol. The van der Waals surface area contributed by atoms with Crippen molar-refractivity contribution in [2.75, 3.05) is 11.5 Å². The Morgan fingerprint density at radius 3 is 3.08 bits per heavy atom. The summed E-state index contributed by atoms with van der Waals surface area (Å²) < 4.78 is 1.90. The van der Waals surface area contributed by atoms with E-state index < -0.39 is 0 Å². The van der Waals surface area contributed by atoms with E-state index in [4.69, 9.17) is 0 Å². The molecule has 0 saturated carbocycles. The van der Waals surface area contributed by atoms with Crippen molar-refractivity contribution in [2.45, 2.75) is 26.0 Å². The van der Waals surface area contributed by atoms with Crippen molar-refractivity contribution in [3.63, 3.8) is 0 Å². The molecule has 1 unspecified atom stereocenters. The van der Waals surface area contributed by atoms with Crippen molar-refractivity contribution in [1.29, 1.82) is 0 Å². The van der Waals surface area contributed by atoms with Gasteiger partial charge in [0, 0.05) is 18.1 Å². The minimum Gasteiger partial charge on any atom is -0.390 e. The van der Waals surface area contributed by atoms with Crippen molar-refractivity contribution in [2.24, 2.45) is 0 Å². The molecule has 1 heterocycles. The Morgan fingerprint density at radius 1 is 1.62 bits per heavy atom. The van der Waals surface area contributed by atoms with Gasteiger partial charge in [-0.3, -0.25) is 0 Å². The highest BCUT2D eigenvalue weighted by atomic mass is 32.2. The van der Waals surface area contributed by atoms with Crippen molar-refractivity contribution >= 4 is 11.8 Å². The highest BCUT2D eigenvalue weighted by Crippen LogP contribution is 2.05. The van der Waals surface area contributed by atoms with Crippen LogP contribution in [0, 0.1) is 0 Å². The quantitative estimate of drug-likeness (QED) is 0.705. The van der Waals surface area contributed by atoms with Crippen molar-refractivity contribution in [1.82, 2.24) is 9.55 Å². The maximum Gasteiger partial charge on any atom is 0.0946 e. The van der Waals surface area contributed by atoms with Crippen LogP contribution in [-0.2, 0) is 6.54 Å². The first-order valence-corrected chi connectivity index (χ1v) is 5.70. The van der Waals surface area contributed by atoms with Gasteiger partial charge in [0.25, 0.3) is 0 Å². The first kappa shape index (κ1) is 10.6. The molecule has 1 atom stereocenters. The number of rotatable bonds is 6. The van der Waals surface area contributed by atoms with Gasteiger partial charge in [0.2, 0.25) is 0 Å². The van der Waals surface area contributed by atoms with Crippen LogP contribution in [0.1, 0.15) is 13.3 Å². The van der Waals surface area contributed by atoms with E-state index in [0.29, 0.717) is 6.54 Å². The molecule has 13 heavy (non-hydrogen) atoms. The van der Waals surface area contributed by atoms with E-state index in [-0.39, 0.29) is 6.10 Å². The molecular formula is C9H16N2OS. The van der Waals surface area contributed by atoms with E-state index in [1.807, 2.05) is 10.8 Å². The predicted molar refractivity (Wildman–Crippen MR) is 55.8 cm³/mol. The lowest BCUT2D eigenvalue weighted by atomic mass is 10.4. The Bertz CT molecular complexity index is 213. The normalized spacial score (nSPS) is 13.1. The van der Waals surface area contributed by atoms with Crippen molar-refractivity contribution < 1.29 is 5.11 Å². The van der Waals surface area contributed by atoms with E-state index in [2.05, 4.69) is 11.9 Å². The van der Waals surface area contributed by atoms with Crippen LogP contribution in [-0.4, -0.2) is 32.3 Å². The zero-order valence-electron chi connectivity index (χ0n) is 7.89. The maximum atomic E-state index is 9.58. The van der Waals surface area contributed by atoms with E-state index in [1.54, 1.807) is 24.3 Å². The summed E-state index contributed by atoms with van der Waals surface area (Å²) in [5.74, 6) is 1.94. The Morgan fingerprint density at radius 2 is 2.46 bits per heavy atom. The lowest BCUT2D eigenvalue weighted by Gasteiger charge is -2.09. The molecule has 0 bridgehead atoms. The summed E-state index contributed by atoms with van der Waals surface area (Å²) in [6, 6.07) is 0. The summed E-state index contributed by atoms with van der Waals surface area (Å²) in [4.78, 5) is 3.92. The molecule has 0 aliphatic heterocycles. The standard InChI is InChI=1S/C9H16N2OS/c1-2-5-13-7-9(12)6-11-4-3-10-8-11/h3-4,8-9,12H,2,5-7H2,1H3. The smallest absolute Gasteiger partial charge is 0.0946 e. The summed E-state index contributed by atoms with van der Waals surface area (Å²) >= 11 is 1.80. The van der Waals surface area contributed by atoms with Crippen LogP contribution in [0.25, 0.3) is 0 Å². The second-order valence-corrected chi connectivity index (χ2v) is 4.14. The van der Waals surface area contributed by atoms with Crippen LogP contribution in [0.4, 0.5) is 0 Å². The van der Waals surface area contributed by atoms with Gasteiger partial charge in [-0.05, 0) is 12.2 Å². The van der Waals surface area contributed by atoms with Crippen molar-refractivity contribution in [3.8, 4) is 0 Å². The zero-order chi connectivity index (χ0) is 9.52. The first-order chi connectivity index (χ1) is 6.33. The molecule has 1 aromatic heterocycles. The Balaban J connectivity index is 2.14. The minimum atomic E-state index is -0.259.